The van der Waals surface area contributed by atoms with Crippen LogP contribution in [0.5, 0.6) is 0 Å². The monoisotopic (exact) mass is 970 g/mol. The lowest BCUT2D eigenvalue weighted by molar-refractivity contribution is -0.142. The van der Waals surface area contributed by atoms with Gasteiger partial charge in [0.15, 0.2) is 0 Å². The Morgan fingerprint density at radius 2 is 0.735 bits per heavy atom. The van der Waals surface area contributed by atoms with Crippen LogP contribution in [0.15, 0.2) is 0 Å². The van der Waals surface area contributed by atoms with Gasteiger partial charge in [-0.05, 0) is 115 Å². The summed E-state index contributed by atoms with van der Waals surface area (Å²) in [5, 5.41) is 33.5. The van der Waals surface area contributed by atoms with E-state index >= 15 is 0 Å². The second-order valence-corrected chi connectivity index (χ2v) is 18.9. The number of carboxylic acids is 2. The first-order chi connectivity index (χ1) is 32.2. The lowest BCUT2D eigenvalue weighted by atomic mass is 10.0. The standard InChI is InChI=1S/C47H91N9O8.C2H4O2/c1-7-8-9-10-11-12-13-14-15-16-17-27-41(57)52-39(31-33(2)3)45(61)54-37(25-19-22-29-49)44(60)53-36(24-18-21-28-48)43(59)51-35(6)42(58)56-40(32-34(4)5)46(62)55-38(47(63)64)26-20-23-30-50;1-2(3)4/h33-40H,7-32,48-50H2,1-6H3,(H,51,59)(H,52,57)(H,53,60)(H,54,61)(H,55,62)(H,56,58)(H,63,64);1H3,(H,3,4). The van der Waals surface area contributed by atoms with Gasteiger partial charge in [0, 0.05) is 13.3 Å². The van der Waals surface area contributed by atoms with Crippen molar-refractivity contribution in [2.45, 2.75) is 232 Å². The van der Waals surface area contributed by atoms with Crippen LogP contribution in [0.25, 0.3) is 0 Å². The van der Waals surface area contributed by atoms with Crippen LogP contribution < -0.4 is 49.1 Å². The molecule has 0 rings (SSSR count). The van der Waals surface area contributed by atoms with Crippen LogP contribution in [-0.4, -0.2) is 113 Å². The van der Waals surface area contributed by atoms with Gasteiger partial charge in [-0.25, -0.2) is 4.79 Å². The number of nitrogens with two attached hydrogens (primary N) is 3. The van der Waals surface area contributed by atoms with Gasteiger partial charge in [0.1, 0.15) is 36.3 Å². The highest BCUT2D eigenvalue weighted by molar-refractivity contribution is 5.96. The van der Waals surface area contributed by atoms with Crippen LogP contribution >= 0.6 is 0 Å². The van der Waals surface area contributed by atoms with Gasteiger partial charge >= 0.3 is 5.97 Å². The van der Waals surface area contributed by atoms with E-state index in [1.807, 2.05) is 27.7 Å². The molecule has 0 saturated heterocycles. The molecule has 0 aliphatic heterocycles. The number of aliphatic carboxylic acids is 2. The molecule has 14 N–H and O–H groups in total. The predicted molar refractivity (Wildman–Crippen MR) is 267 cm³/mol. The molecule has 0 aromatic heterocycles. The Morgan fingerprint density at radius 3 is 1.12 bits per heavy atom. The lowest BCUT2D eigenvalue weighted by Crippen LogP contribution is -2.59. The van der Waals surface area contributed by atoms with Gasteiger partial charge in [0.2, 0.25) is 35.4 Å². The van der Waals surface area contributed by atoms with E-state index in [0.29, 0.717) is 71.0 Å². The van der Waals surface area contributed by atoms with Crippen molar-refractivity contribution >= 4 is 47.4 Å². The minimum absolute atomic E-state index is 0.0435. The average molecular weight is 970 g/mol. The number of carbonyl (C=O) groups excluding carboxylic acids is 6. The van der Waals surface area contributed by atoms with Crippen LogP contribution in [0.3, 0.4) is 0 Å². The molecule has 0 aliphatic carbocycles. The van der Waals surface area contributed by atoms with Crippen molar-refractivity contribution < 1.29 is 48.6 Å². The maximum Gasteiger partial charge on any atom is 0.326 e. The molecule has 0 aromatic carbocycles. The van der Waals surface area contributed by atoms with E-state index in [4.69, 9.17) is 27.1 Å². The maximum atomic E-state index is 14.0. The van der Waals surface area contributed by atoms with Gasteiger partial charge in [0.05, 0.1) is 0 Å². The predicted octanol–water partition coefficient (Wildman–Crippen LogP) is 4.27. The Labute approximate surface area is 407 Å². The zero-order valence-corrected chi connectivity index (χ0v) is 42.9. The van der Waals surface area contributed by atoms with E-state index in [1.165, 1.54) is 51.9 Å². The molecule has 6 amide bonds. The quantitative estimate of drug-likeness (QED) is 0.0383. The van der Waals surface area contributed by atoms with Crippen LogP contribution in [0.4, 0.5) is 0 Å². The van der Waals surface area contributed by atoms with Crippen molar-refractivity contribution in [3.05, 3.63) is 0 Å². The van der Waals surface area contributed by atoms with Crippen molar-refractivity contribution in [2.24, 2.45) is 29.0 Å². The molecular formula is C49H95N9O10. The third kappa shape index (κ3) is 35.7. The summed E-state index contributed by atoms with van der Waals surface area (Å²) in [6, 6.07) is -6.37. The van der Waals surface area contributed by atoms with E-state index in [9.17, 15) is 38.7 Å². The second-order valence-electron chi connectivity index (χ2n) is 18.9. The topological polar surface area (TPSA) is 327 Å². The molecule has 0 aromatic rings. The summed E-state index contributed by atoms with van der Waals surface area (Å²) < 4.78 is 0. The second kappa shape index (κ2) is 41.6. The first-order valence-electron chi connectivity index (χ1n) is 25.6. The Bertz CT molecular complexity index is 1430. The molecule has 0 heterocycles. The average Bonchev–Trinajstić information content (AvgIpc) is 3.26. The third-order valence-corrected chi connectivity index (χ3v) is 11.2. The molecular weight excluding hydrogens is 875 g/mol. The van der Waals surface area contributed by atoms with Gasteiger partial charge in [-0.2, -0.15) is 0 Å². The van der Waals surface area contributed by atoms with Crippen LogP contribution in [-0.2, 0) is 38.4 Å². The van der Waals surface area contributed by atoms with E-state index in [2.05, 4.69) is 38.8 Å². The van der Waals surface area contributed by atoms with Gasteiger partial charge in [-0.15, -0.1) is 0 Å². The molecule has 19 nitrogen and oxygen atoms in total. The fraction of sp³-hybridized carbons (Fsp3) is 0.837. The van der Waals surface area contributed by atoms with E-state index < -0.39 is 77.7 Å². The molecule has 0 saturated carbocycles. The summed E-state index contributed by atoms with van der Waals surface area (Å²) in [5.74, 6) is -5.29. The normalized spacial score (nSPS) is 13.7. The number of carboxylic acid groups (broad SMARTS) is 2. The molecule has 68 heavy (non-hydrogen) atoms. The summed E-state index contributed by atoms with van der Waals surface area (Å²) in [6.45, 7) is 13.5. The summed E-state index contributed by atoms with van der Waals surface area (Å²) in [5.41, 5.74) is 17.0. The minimum Gasteiger partial charge on any atom is -0.481 e. The van der Waals surface area contributed by atoms with Crippen LogP contribution in [0.2, 0.25) is 0 Å². The Morgan fingerprint density at radius 1 is 0.412 bits per heavy atom. The van der Waals surface area contributed by atoms with Crippen LogP contribution in [0, 0.1) is 11.8 Å². The van der Waals surface area contributed by atoms with Crippen molar-refractivity contribution in [1.29, 1.82) is 0 Å². The van der Waals surface area contributed by atoms with Gasteiger partial charge in [0.25, 0.3) is 5.97 Å². The number of rotatable bonds is 40. The molecule has 6 atom stereocenters. The molecule has 396 valence electrons. The van der Waals surface area contributed by atoms with Crippen molar-refractivity contribution in [2.75, 3.05) is 19.6 Å². The minimum atomic E-state index is -1.20. The van der Waals surface area contributed by atoms with Gasteiger partial charge < -0.3 is 59.3 Å². The van der Waals surface area contributed by atoms with Crippen molar-refractivity contribution in [3.63, 3.8) is 0 Å². The van der Waals surface area contributed by atoms with E-state index in [-0.39, 0.29) is 43.4 Å². The number of carbonyl (C=O) groups is 8. The van der Waals surface area contributed by atoms with E-state index in [1.54, 1.807) is 0 Å². The molecule has 0 aliphatic rings. The Kier molecular flexibility index (Phi) is 40.2. The van der Waals surface area contributed by atoms with Crippen LogP contribution in [0.1, 0.15) is 196 Å². The molecule has 6 unspecified atom stereocenters. The fourth-order valence-corrected chi connectivity index (χ4v) is 7.39. The molecule has 0 spiro atoms. The first kappa shape index (κ1) is 65.7. The molecule has 19 heteroatoms. The number of nitrogens with one attached hydrogen (secondary N) is 6. The Hall–Kier alpha value is -4.36. The van der Waals surface area contributed by atoms with E-state index in [0.717, 1.165) is 32.6 Å². The number of amides is 6. The Balaban J connectivity index is 0. The summed E-state index contributed by atoms with van der Waals surface area (Å²) in [6.07, 6.45) is 17.5. The highest BCUT2D eigenvalue weighted by Crippen LogP contribution is 2.14. The smallest absolute Gasteiger partial charge is 0.326 e. The number of hydrogen-bond donors (Lipinski definition) is 11. The highest BCUT2D eigenvalue weighted by atomic mass is 16.4. The SMILES string of the molecule is CC(=O)O.CCCCCCCCCCCCCC(=O)NC(CC(C)C)C(=O)NC(CCCCN)C(=O)NC(CCCCN)C(=O)NC(C)C(=O)NC(CC(C)C)C(=O)NC(CCCCN)C(=O)O. The molecule has 0 fully saturated rings. The zero-order valence-electron chi connectivity index (χ0n) is 42.9. The summed E-state index contributed by atoms with van der Waals surface area (Å²) in [7, 11) is 0. The molecule has 0 bridgehead atoms. The highest BCUT2D eigenvalue weighted by Gasteiger charge is 2.32. The lowest BCUT2D eigenvalue weighted by Gasteiger charge is -2.27. The van der Waals surface area contributed by atoms with Crippen molar-refractivity contribution in [3.8, 4) is 0 Å². The van der Waals surface area contributed by atoms with Gasteiger partial charge in [-0.1, -0.05) is 98.8 Å². The largest absolute Gasteiger partial charge is 0.481 e. The molecule has 0 radical (unpaired) electrons. The maximum absolute atomic E-state index is 14.0. The first-order valence-corrected chi connectivity index (χ1v) is 25.6. The summed E-state index contributed by atoms with van der Waals surface area (Å²) in [4.78, 5) is 102. The summed E-state index contributed by atoms with van der Waals surface area (Å²) >= 11 is 0. The zero-order chi connectivity index (χ0) is 51.9. The third-order valence-electron chi connectivity index (χ3n) is 11.2. The number of hydrogen-bond acceptors (Lipinski definition) is 11. The number of unbranched alkanes of at least 4 members (excludes halogenated alkanes) is 13. The van der Waals surface area contributed by atoms with Crippen molar-refractivity contribution in [1.82, 2.24) is 31.9 Å². The fourth-order valence-electron chi connectivity index (χ4n) is 7.39. The van der Waals surface area contributed by atoms with Gasteiger partial charge in [-0.3, -0.25) is 33.6 Å².